The molecule has 19 heavy (non-hydrogen) atoms. The Balaban J connectivity index is 2.10. The van der Waals surface area contributed by atoms with Crippen LogP contribution in [0.2, 0.25) is 5.28 Å². The highest BCUT2D eigenvalue weighted by Crippen LogP contribution is 2.30. The molecule has 1 aromatic carbocycles. The monoisotopic (exact) mass is 401 g/mol. The van der Waals surface area contributed by atoms with E-state index in [1.807, 2.05) is 18.2 Å². The summed E-state index contributed by atoms with van der Waals surface area (Å²) in [6.45, 7) is 0. The van der Waals surface area contributed by atoms with Gasteiger partial charge in [0.05, 0.1) is 17.3 Å². The van der Waals surface area contributed by atoms with E-state index in [2.05, 4.69) is 57.3 Å². The van der Waals surface area contributed by atoms with E-state index >= 15 is 0 Å². The Labute approximate surface area is 130 Å². The maximum Gasteiger partial charge on any atom is 0.226 e. The lowest BCUT2D eigenvalue weighted by molar-refractivity contribution is 1.09. The molecule has 0 aliphatic rings. The molecule has 8 heteroatoms. The molecule has 3 aromatic rings. The number of benzene rings is 1. The molecule has 0 radical (unpaired) electrons. The zero-order valence-electron chi connectivity index (χ0n) is 9.28. The van der Waals surface area contributed by atoms with Crippen LogP contribution in [0.1, 0.15) is 0 Å². The minimum Gasteiger partial charge on any atom is -0.339 e. The zero-order chi connectivity index (χ0) is 13.4. The number of aromatic nitrogens is 4. The van der Waals surface area contributed by atoms with Gasteiger partial charge in [-0.3, -0.25) is 5.10 Å². The van der Waals surface area contributed by atoms with Gasteiger partial charge in [-0.05, 0) is 45.7 Å². The van der Waals surface area contributed by atoms with Crippen LogP contribution < -0.4 is 5.32 Å². The normalized spacial score (nSPS) is 10.9. The van der Waals surface area contributed by atoms with Crippen molar-refractivity contribution in [1.29, 1.82) is 0 Å². The molecule has 0 aliphatic heterocycles. The maximum atomic E-state index is 5.89. The molecular formula is C11H6Br2ClN5. The lowest BCUT2D eigenvalue weighted by Crippen LogP contribution is -1.97. The minimum atomic E-state index is 0.158. The second-order valence-corrected chi connectivity index (χ2v) is 5.83. The highest BCUT2D eigenvalue weighted by molar-refractivity contribution is 9.11. The van der Waals surface area contributed by atoms with Gasteiger partial charge >= 0.3 is 0 Å². The summed E-state index contributed by atoms with van der Waals surface area (Å²) in [5, 5.41) is 10.8. The van der Waals surface area contributed by atoms with Crippen LogP contribution >= 0.6 is 43.5 Å². The number of nitrogens with one attached hydrogen (secondary N) is 2. The van der Waals surface area contributed by atoms with E-state index in [1.54, 1.807) is 6.20 Å². The van der Waals surface area contributed by atoms with Crippen molar-refractivity contribution in [2.45, 2.75) is 0 Å². The first-order valence-electron chi connectivity index (χ1n) is 5.22. The molecule has 3 rings (SSSR count). The summed E-state index contributed by atoms with van der Waals surface area (Å²) in [4.78, 5) is 8.24. The van der Waals surface area contributed by atoms with Crippen molar-refractivity contribution in [1.82, 2.24) is 20.2 Å². The Morgan fingerprint density at radius 3 is 2.89 bits per heavy atom. The summed E-state index contributed by atoms with van der Waals surface area (Å²) in [5.41, 5.74) is 1.46. The minimum absolute atomic E-state index is 0.158. The fourth-order valence-corrected chi connectivity index (χ4v) is 2.50. The Kier molecular flexibility index (Phi) is 3.42. The molecule has 0 unspecified atom stereocenters. The summed E-state index contributed by atoms with van der Waals surface area (Å²) in [6, 6.07) is 5.81. The Morgan fingerprint density at radius 2 is 2.05 bits per heavy atom. The first kappa shape index (κ1) is 12.8. The summed E-state index contributed by atoms with van der Waals surface area (Å²) in [6.07, 6.45) is 1.65. The molecule has 2 aromatic heterocycles. The van der Waals surface area contributed by atoms with Crippen molar-refractivity contribution in [3.05, 3.63) is 38.6 Å². The van der Waals surface area contributed by atoms with Gasteiger partial charge in [0, 0.05) is 8.95 Å². The molecule has 2 N–H and O–H groups in total. The van der Waals surface area contributed by atoms with Gasteiger partial charge in [-0.2, -0.15) is 15.1 Å². The number of aromatic amines is 1. The lowest BCUT2D eigenvalue weighted by Gasteiger charge is -2.09. The van der Waals surface area contributed by atoms with Crippen molar-refractivity contribution in [3.63, 3.8) is 0 Å². The predicted molar refractivity (Wildman–Crippen MR) is 81.8 cm³/mol. The molecule has 2 heterocycles. The van der Waals surface area contributed by atoms with E-state index in [1.165, 1.54) is 0 Å². The molecule has 0 amide bonds. The third-order valence-corrected chi connectivity index (χ3v) is 3.82. The molecule has 0 saturated heterocycles. The van der Waals surface area contributed by atoms with Gasteiger partial charge in [-0.1, -0.05) is 15.9 Å². The van der Waals surface area contributed by atoms with Crippen LogP contribution in [0.15, 0.2) is 33.3 Å². The Hall–Kier alpha value is -1.18. The van der Waals surface area contributed by atoms with E-state index in [9.17, 15) is 0 Å². The van der Waals surface area contributed by atoms with E-state index in [4.69, 9.17) is 11.6 Å². The molecule has 0 saturated carbocycles. The number of anilines is 2. The lowest BCUT2D eigenvalue weighted by atomic mass is 10.3. The predicted octanol–water partition coefficient (Wildman–Crippen LogP) is 4.27. The molecule has 0 spiro atoms. The number of rotatable bonds is 2. The van der Waals surface area contributed by atoms with Crippen molar-refractivity contribution >= 4 is 66.0 Å². The number of hydrogen-bond donors (Lipinski definition) is 2. The molecule has 0 bridgehead atoms. The Bertz CT molecular complexity index is 758. The molecular weight excluding hydrogens is 397 g/mol. The first-order valence-corrected chi connectivity index (χ1v) is 7.18. The smallest absolute Gasteiger partial charge is 0.226 e. The van der Waals surface area contributed by atoms with Crippen molar-refractivity contribution < 1.29 is 0 Å². The van der Waals surface area contributed by atoms with E-state index < -0.39 is 0 Å². The summed E-state index contributed by atoms with van der Waals surface area (Å²) in [5.74, 6) is 0.600. The van der Waals surface area contributed by atoms with Gasteiger partial charge < -0.3 is 5.32 Å². The average molecular weight is 403 g/mol. The topological polar surface area (TPSA) is 66.5 Å². The molecule has 0 fully saturated rings. The van der Waals surface area contributed by atoms with Gasteiger partial charge in [-0.25, -0.2) is 0 Å². The third kappa shape index (κ3) is 2.58. The number of halogens is 3. The SMILES string of the molecule is Clc1nc(Nc2cc(Br)ccc2Br)c2cn[nH]c2n1. The van der Waals surface area contributed by atoms with Crippen molar-refractivity contribution in [2.24, 2.45) is 0 Å². The molecule has 5 nitrogen and oxygen atoms in total. The van der Waals surface area contributed by atoms with Crippen LogP contribution in [-0.4, -0.2) is 20.2 Å². The third-order valence-electron chi connectivity index (χ3n) is 2.46. The number of H-pyrrole nitrogens is 1. The number of fused-ring (bicyclic) bond motifs is 1. The molecule has 96 valence electrons. The van der Waals surface area contributed by atoms with Gasteiger partial charge in [0.15, 0.2) is 5.65 Å². The summed E-state index contributed by atoms with van der Waals surface area (Å²) < 4.78 is 1.88. The fraction of sp³-hybridized carbons (Fsp3) is 0. The van der Waals surface area contributed by atoms with Crippen LogP contribution in [0.5, 0.6) is 0 Å². The fourth-order valence-electron chi connectivity index (χ4n) is 1.62. The van der Waals surface area contributed by atoms with Gasteiger partial charge in [0.25, 0.3) is 0 Å². The van der Waals surface area contributed by atoms with Crippen LogP contribution in [0, 0.1) is 0 Å². The van der Waals surface area contributed by atoms with E-state index in [-0.39, 0.29) is 5.28 Å². The highest BCUT2D eigenvalue weighted by Gasteiger charge is 2.10. The van der Waals surface area contributed by atoms with Crippen molar-refractivity contribution in [2.75, 3.05) is 5.32 Å². The summed E-state index contributed by atoms with van der Waals surface area (Å²) >= 11 is 12.8. The highest BCUT2D eigenvalue weighted by atomic mass is 79.9. The maximum absolute atomic E-state index is 5.89. The second kappa shape index (κ2) is 5.07. The van der Waals surface area contributed by atoms with Gasteiger partial charge in [0.2, 0.25) is 5.28 Å². The van der Waals surface area contributed by atoms with Crippen LogP contribution in [0.4, 0.5) is 11.5 Å². The van der Waals surface area contributed by atoms with Crippen LogP contribution in [0.25, 0.3) is 11.0 Å². The average Bonchev–Trinajstić information content (AvgIpc) is 2.82. The Morgan fingerprint density at radius 1 is 1.21 bits per heavy atom. The second-order valence-electron chi connectivity index (χ2n) is 3.72. The van der Waals surface area contributed by atoms with Gasteiger partial charge in [0.1, 0.15) is 5.82 Å². The van der Waals surface area contributed by atoms with Crippen LogP contribution in [-0.2, 0) is 0 Å². The number of hydrogen-bond acceptors (Lipinski definition) is 4. The quantitative estimate of drug-likeness (QED) is 0.627. The number of nitrogens with zero attached hydrogens (tertiary/aromatic N) is 3. The van der Waals surface area contributed by atoms with E-state index in [0.29, 0.717) is 11.5 Å². The van der Waals surface area contributed by atoms with E-state index in [0.717, 1.165) is 20.0 Å². The zero-order valence-corrected chi connectivity index (χ0v) is 13.2. The summed E-state index contributed by atoms with van der Waals surface area (Å²) in [7, 11) is 0. The molecule has 0 aliphatic carbocycles. The first-order chi connectivity index (χ1) is 9.13. The molecule has 0 atom stereocenters. The van der Waals surface area contributed by atoms with Crippen LogP contribution in [0.3, 0.4) is 0 Å². The van der Waals surface area contributed by atoms with Crippen molar-refractivity contribution in [3.8, 4) is 0 Å². The standard InChI is InChI=1S/C11H6Br2ClN5/c12-5-1-2-7(13)8(3-5)16-9-6-4-15-19-10(6)18-11(14)17-9/h1-4H,(H2,15,16,17,18,19). The van der Waals surface area contributed by atoms with Gasteiger partial charge in [-0.15, -0.1) is 0 Å². The largest absolute Gasteiger partial charge is 0.339 e.